The van der Waals surface area contributed by atoms with Gasteiger partial charge in [-0.25, -0.2) is 29.6 Å². The molecule has 0 heterocycles. The van der Waals surface area contributed by atoms with Crippen LogP contribution in [0.15, 0.2) is 33.9 Å². The Morgan fingerprint density at radius 2 is 0.935 bits per heavy atom. The fourth-order valence-corrected chi connectivity index (χ4v) is 7.25. The molecule has 77 heavy (non-hydrogen) atoms. The normalized spacial score (nSPS) is 11.6. The van der Waals surface area contributed by atoms with Crippen molar-refractivity contribution in [3.8, 4) is 0 Å². The van der Waals surface area contributed by atoms with Gasteiger partial charge in [0.25, 0.3) is 16.8 Å². The molecule has 0 spiro atoms. The number of benzene rings is 1. The summed E-state index contributed by atoms with van der Waals surface area (Å²) in [5.41, 5.74) is -0.131. The standard InChI is InChI=1S/C49H74N10O18/c1-32(60)57(75)28-10-2-6-24-50-37(61)19-21-39(63)58(76)29-11-3-7-25-51-38(62)20-22-40(64)59(77)30-12-4-8-26-52-42-43(45(68)44(42)67)54-31-33-14-16-34(17-15-33)46(69)53-27-9-5-13-35(47(70)71)55-49(74)56-36(48(72)73)18-23-41(65)66/h14-17,35-36,52,54,75-77H,2-13,18-31H2,1H3,(H,50,61)(H,51,62)(H,53,69)(H,65,66)(H,70,71)(H,72,73)(H2,55,56,74). The van der Waals surface area contributed by atoms with Gasteiger partial charge in [-0.1, -0.05) is 12.1 Å². The van der Waals surface area contributed by atoms with Crippen LogP contribution in [0, 0.1) is 0 Å². The van der Waals surface area contributed by atoms with Crippen LogP contribution in [0.5, 0.6) is 0 Å². The van der Waals surface area contributed by atoms with Crippen LogP contribution in [0.25, 0.3) is 0 Å². The number of nitrogens with zero attached hydrogens (tertiary/aromatic N) is 3. The van der Waals surface area contributed by atoms with Crippen LogP contribution in [0.3, 0.4) is 0 Å². The largest absolute Gasteiger partial charge is 0.481 e. The van der Waals surface area contributed by atoms with Crippen molar-refractivity contribution in [1.29, 1.82) is 0 Å². The summed E-state index contributed by atoms with van der Waals surface area (Å²) < 4.78 is 0. The smallest absolute Gasteiger partial charge is 0.326 e. The number of hydroxylamine groups is 6. The number of carboxylic acid groups (broad SMARTS) is 3. The summed E-state index contributed by atoms with van der Waals surface area (Å²) in [5.74, 6) is -6.93. The van der Waals surface area contributed by atoms with Crippen molar-refractivity contribution >= 4 is 70.8 Å². The van der Waals surface area contributed by atoms with E-state index >= 15 is 0 Å². The summed E-state index contributed by atoms with van der Waals surface area (Å²) in [6.07, 6.45) is 3.95. The summed E-state index contributed by atoms with van der Waals surface area (Å²) >= 11 is 0. The fraction of sp³-hybridized carbons (Fsp3) is 0.592. The molecule has 13 N–H and O–H groups in total. The molecule has 0 radical (unpaired) electrons. The molecule has 2 unspecified atom stereocenters. The lowest BCUT2D eigenvalue weighted by molar-refractivity contribution is -0.166. The summed E-state index contributed by atoms with van der Waals surface area (Å²) in [6, 6.07) is 2.41. The van der Waals surface area contributed by atoms with Crippen molar-refractivity contribution in [2.24, 2.45) is 0 Å². The van der Waals surface area contributed by atoms with Crippen molar-refractivity contribution in [2.75, 3.05) is 56.4 Å². The van der Waals surface area contributed by atoms with Gasteiger partial charge in [0.15, 0.2) is 0 Å². The second kappa shape index (κ2) is 36.3. The Bertz CT molecular complexity index is 2340. The van der Waals surface area contributed by atoms with E-state index in [-0.39, 0.29) is 94.4 Å². The minimum atomic E-state index is -1.53. The van der Waals surface area contributed by atoms with Gasteiger partial charge in [0, 0.05) is 96.9 Å². The molecule has 28 nitrogen and oxygen atoms in total. The van der Waals surface area contributed by atoms with Gasteiger partial charge in [-0.15, -0.1) is 0 Å². The molecule has 2 aromatic rings. The zero-order chi connectivity index (χ0) is 57.3. The molecule has 2 rings (SSSR count). The lowest BCUT2D eigenvalue weighted by Crippen LogP contribution is -2.51. The Balaban J connectivity index is 1.56. The molecule has 0 bridgehead atoms. The number of hydrogen-bond donors (Lipinski definition) is 13. The van der Waals surface area contributed by atoms with E-state index in [1.54, 1.807) is 24.3 Å². The molecular weight excluding hydrogens is 1020 g/mol. The van der Waals surface area contributed by atoms with E-state index in [9.17, 15) is 83.4 Å². The van der Waals surface area contributed by atoms with E-state index in [0.717, 1.165) is 0 Å². The molecule has 0 aromatic heterocycles. The molecule has 0 aliphatic carbocycles. The zero-order valence-electron chi connectivity index (χ0n) is 43.3. The zero-order valence-corrected chi connectivity index (χ0v) is 43.3. The molecule has 0 saturated heterocycles. The molecule has 2 aromatic carbocycles. The van der Waals surface area contributed by atoms with Crippen LogP contribution in [0.2, 0.25) is 0 Å². The van der Waals surface area contributed by atoms with Gasteiger partial charge in [0.1, 0.15) is 23.5 Å². The first-order valence-electron chi connectivity index (χ1n) is 25.5. The van der Waals surface area contributed by atoms with Crippen molar-refractivity contribution in [1.82, 2.24) is 41.8 Å². The maximum absolute atomic E-state index is 12.7. The van der Waals surface area contributed by atoms with E-state index in [0.29, 0.717) is 110 Å². The van der Waals surface area contributed by atoms with Gasteiger partial charge >= 0.3 is 23.9 Å². The molecule has 28 heteroatoms. The van der Waals surface area contributed by atoms with Gasteiger partial charge < -0.3 is 52.5 Å². The van der Waals surface area contributed by atoms with E-state index in [2.05, 4.69) is 37.2 Å². The Labute approximate surface area is 443 Å². The van der Waals surface area contributed by atoms with Gasteiger partial charge in [0.2, 0.25) is 29.5 Å². The highest BCUT2D eigenvalue weighted by Crippen LogP contribution is 2.17. The number of unbranched alkanes of at least 4 members (excludes halogenated alkanes) is 7. The van der Waals surface area contributed by atoms with E-state index < -0.39 is 83.4 Å². The minimum absolute atomic E-state index is 0.0131. The summed E-state index contributed by atoms with van der Waals surface area (Å²) in [6.45, 7) is 2.84. The van der Waals surface area contributed by atoms with Crippen molar-refractivity contribution < 1.29 is 78.9 Å². The molecule has 0 aliphatic heterocycles. The van der Waals surface area contributed by atoms with Crippen molar-refractivity contribution in [2.45, 2.75) is 141 Å². The molecule has 0 aliphatic rings. The Kier molecular flexibility index (Phi) is 30.8. The van der Waals surface area contributed by atoms with Gasteiger partial charge in [-0.05, 0) is 101 Å². The number of aliphatic carboxylic acids is 3. The monoisotopic (exact) mass is 1090 g/mol. The number of carbonyl (C=O) groups is 10. The third-order valence-corrected chi connectivity index (χ3v) is 11.8. The number of carboxylic acids is 3. The van der Waals surface area contributed by atoms with Crippen LogP contribution in [-0.4, -0.2) is 163 Å². The average Bonchev–Trinajstić information content (AvgIpc) is 3.39. The summed E-state index contributed by atoms with van der Waals surface area (Å²) in [5, 5.41) is 76.8. The number of nitrogens with one attached hydrogen (secondary N) is 7. The molecule has 428 valence electrons. The Hall–Kier alpha value is -7.72. The lowest BCUT2D eigenvalue weighted by Gasteiger charge is -2.18. The topological polar surface area (TPSA) is 420 Å². The number of urea groups is 1. The van der Waals surface area contributed by atoms with Crippen LogP contribution in [0.1, 0.15) is 138 Å². The molecule has 0 saturated carbocycles. The third kappa shape index (κ3) is 27.1. The van der Waals surface area contributed by atoms with Gasteiger partial charge in [0.05, 0.1) is 0 Å². The second-order valence-electron chi connectivity index (χ2n) is 18.0. The SMILES string of the molecule is CC(=O)N(O)CCCCCNC(=O)CCC(=O)N(O)CCCCCNC(=O)CCC(=O)N(O)CCCCCNc1c(NCc2ccc(C(=O)NCCCCC(NC(=O)NC(CCC(=O)O)C(=O)O)C(=O)O)cc2)c(=O)c1=O. The maximum Gasteiger partial charge on any atom is 0.326 e. The third-order valence-electron chi connectivity index (χ3n) is 11.8. The highest BCUT2D eigenvalue weighted by atomic mass is 16.5. The van der Waals surface area contributed by atoms with Crippen molar-refractivity contribution in [3.05, 3.63) is 55.8 Å². The fourth-order valence-electron chi connectivity index (χ4n) is 7.25. The van der Waals surface area contributed by atoms with Crippen LogP contribution in [-0.2, 0) is 44.9 Å². The minimum Gasteiger partial charge on any atom is -0.481 e. The van der Waals surface area contributed by atoms with Crippen LogP contribution >= 0.6 is 0 Å². The number of rotatable bonds is 41. The molecule has 8 amide bonds. The highest BCUT2D eigenvalue weighted by molar-refractivity contribution is 5.94. The highest BCUT2D eigenvalue weighted by Gasteiger charge is 2.25. The van der Waals surface area contributed by atoms with Gasteiger partial charge in [-0.2, -0.15) is 0 Å². The predicted molar refractivity (Wildman–Crippen MR) is 273 cm³/mol. The second-order valence-corrected chi connectivity index (χ2v) is 18.0. The lowest BCUT2D eigenvalue weighted by atomic mass is 10.1. The Morgan fingerprint density at radius 3 is 1.42 bits per heavy atom. The van der Waals surface area contributed by atoms with Crippen molar-refractivity contribution in [3.63, 3.8) is 0 Å². The first kappa shape index (κ1) is 65.4. The van der Waals surface area contributed by atoms with Crippen LogP contribution < -0.4 is 48.1 Å². The number of anilines is 2. The summed E-state index contributed by atoms with van der Waals surface area (Å²) in [4.78, 5) is 143. The molecule has 0 fully saturated rings. The molecule has 2 atom stereocenters. The first-order chi connectivity index (χ1) is 36.6. The molecular formula is C49H74N10O18. The number of amides is 8. The first-order valence-corrected chi connectivity index (χ1v) is 25.5. The summed E-state index contributed by atoms with van der Waals surface area (Å²) in [7, 11) is 0. The van der Waals surface area contributed by atoms with Crippen LogP contribution in [0.4, 0.5) is 16.2 Å². The number of carbonyl (C=O) groups excluding carboxylic acids is 7. The van der Waals surface area contributed by atoms with E-state index in [4.69, 9.17) is 5.11 Å². The average molecular weight is 1090 g/mol. The maximum atomic E-state index is 12.7. The quantitative estimate of drug-likeness (QED) is 0.0193. The van der Waals surface area contributed by atoms with E-state index in [1.807, 2.05) is 0 Å². The van der Waals surface area contributed by atoms with Gasteiger partial charge in [-0.3, -0.25) is 58.8 Å². The predicted octanol–water partition coefficient (Wildman–Crippen LogP) is 1.25. The van der Waals surface area contributed by atoms with E-state index in [1.165, 1.54) is 6.92 Å². The number of hydrogen-bond acceptors (Lipinski definition) is 17. The Morgan fingerprint density at radius 1 is 0.494 bits per heavy atom.